The first-order chi connectivity index (χ1) is 11.3. The highest BCUT2D eigenvalue weighted by atomic mass is 16.5. The molecule has 0 bridgehead atoms. The highest BCUT2D eigenvalue weighted by Crippen LogP contribution is 2.30. The molecule has 2 rings (SSSR count). The normalized spacial score (nSPS) is 12.7. The summed E-state index contributed by atoms with van der Waals surface area (Å²) in [5.41, 5.74) is 1.05. The molecule has 1 heterocycles. The lowest BCUT2D eigenvalue weighted by Gasteiger charge is -2.22. The first-order valence-corrected chi connectivity index (χ1v) is 8.38. The van der Waals surface area contributed by atoms with Crippen LogP contribution in [0.4, 0.5) is 5.82 Å². The number of carbonyl (C=O) groups is 1. The predicted octanol–water partition coefficient (Wildman–Crippen LogP) is 4.17. The van der Waals surface area contributed by atoms with Crippen LogP contribution in [0.2, 0.25) is 0 Å². The van der Waals surface area contributed by atoms with Crippen molar-refractivity contribution in [2.75, 3.05) is 11.9 Å². The van der Waals surface area contributed by atoms with Crippen molar-refractivity contribution in [3.05, 3.63) is 42.1 Å². The quantitative estimate of drug-likeness (QED) is 0.865. The number of nitrogens with zero attached hydrogens (tertiary/aromatic N) is 2. The van der Waals surface area contributed by atoms with Crippen molar-refractivity contribution in [2.24, 2.45) is 0 Å². The van der Waals surface area contributed by atoms with Gasteiger partial charge in [-0.1, -0.05) is 45.9 Å². The van der Waals surface area contributed by atoms with E-state index in [4.69, 9.17) is 4.74 Å². The zero-order chi connectivity index (χ0) is 17.7. The Labute approximate surface area is 144 Å². The maximum atomic E-state index is 12.2. The van der Waals surface area contributed by atoms with Gasteiger partial charge in [0.15, 0.2) is 6.61 Å². The molecule has 1 atom stereocenters. The maximum absolute atomic E-state index is 12.2. The van der Waals surface area contributed by atoms with Crippen LogP contribution in [0.5, 0.6) is 5.75 Å². The Balaban J connectivity index is 2.02. The molecule has 5 heteroatoms. The highest BCUT2D eigenvalue weighted by molar-refractivity contribution is 5.91. The van der Waals surface area contributed by atoms with E-state index in [0.717, 1.165) is 17.7 Å². The minimum absolute atomic E-state index is 0.0290. The zero-order valence-corrected chi connectivity index (χ0v) is 15.2. The summed E-state index contributed by atoms with van der Waals surface area (Å²) in [6, 6.07) is 9.87. The smallest absolute Gasteiger partial charge is 0.263 e. The summed E-state index contributed by atoms with van der Waals surface area (Å²) < 4.78 is 7.58. The van der Waals surface area contributed by atoms with Crippen molar-refractivity contribution in [1.29, 1.82) is 0 Å². The second-order valence-corrected chi connectivity index (χ2v) is 7.00. The van der Waals surface area contributed by atoms with Crippen LogP contribution in [0.15, 0.2) is 36.5 Å². The summed E-state index contributed by atoms with van der Waals surface area (Å²) in [7, 11) is 0. The van der Waals surface area contributed by atoms with E-state index >= 15 is 0 Å². The van der Waals surface area contributed by atoms with E-state index in [9.17, 15) is 4.79 Å². The van der Waals surface area contributed by atoms with Crippen LogP contribution in [0.25, 0.3) is 0 Å². The number of hydrogen-bond acceptors (Lipinski definition) is 3. The van der Waals surface area contributed by atoms with Crippen molar-refractivity contribution in [2.45, 2.75) is 52.5 Å². The minimum Gasteiger partial charge on any atom is -0.483 e. The second kappa shape index (κ2) is 7.51. The highest BCUT2D eigenvalue weighted by Gasteiger charge is 2.19. The lowest BCUT2D eigenvalue weighted by Crippen LogP contribution is -2.24. The average molecular weight is 329 g/mol. The van der Waals surface area contributed by atoms with E-state index in [1.54, 1.807) is 12.3 Å². The standard InChI is InChI=1S/C19H27N3O2/c1-6-14(2)22-17(11-12-20-22)21-18(23)13-24-16-10-8-7-9-15(16)19(3,4)5/h7-12,14H,6,13H2,1-5H3,(H,21,23). The van der Waals surface area contributed by atoms with Gasteiger partial charge in [0, 0.05) is 6.07 Å². The summed E-state index contributed by atoms with van der Waals surface area (Å²) in [6.07, 6.45) is 2.64. The number of anilines is 1. The summed E-state index contributed by atoms with van der Waals surface area (Å²) in [5.74, 6) is 1.25. The third kappa shape index (κ3) is 4.37. The fraction of sp³-hybridized carbons (Fsp3) is 0.474. The summed E-state index contributed by atoms with van der Waals surface area (Å²) in [5, 5.41) is 7.14. The molecule has 0 saturated heterocycles. The number of aromatic nitrogens is 2. The van der Waals surface area contributed by atoms with Crippen LogP contribution in [-0.2, 0) is 10.2 Å². The Morgan fingerprint density at radius 2 is 2.00 bits per heavy atom. The third-order valence-electron chi connectivity index (χ3n) is 4.00. The van der Waals surface area contributed by atoms with Gasteiger partial charge in [0.25, 0.3) is 5.91 Å². The van der Waals surface area contributed by atoms with Crippen molar-refractivity contribution in [3.8, 4) is 5.75 Å². The van der Waals surface area contributed by atoms with Crippen molar-refractivity contribution in [3.63, 3.8) is 0 Å². The van der Waals surface area contributed by atoms with Crippen LogP contribution < -0.4 is 10.1 Å². The van der Waals surface area contributed by atoms with Gasteiger partial charge in [-0.25, -0.2) is 4.68 Å². The Morgan fingerprint density at radius 3 is 2.67 bits per heavy atom. The van der Waals surface area contributed by atoms with Crippen LogP contribution in [-0.4, -0.2) is 22.3 Å². The fourth-order valence-electron chi connectivity index (χ4n) is 2.47. The van der Waals surface area contributed by atoms with Gasteiger partial charge in [0.2, 0.25) is 0 Å². The molecule has 1 N–H and O–H groups in total. The Bertz CT molecular complexity index is 686. The molecule has 0 aliphatic carbocycles. The van der Waals surface area contributed by atoms with Crippen LogP contribution >= 0.6 is 0 Å². The molecule has 2 aromatic rings. The van der Waals surface area contributed by atoms with Crippen molar-refractivity contribution < 1.29 is 9.53 Å². The number of ether oxygens (including phenoxy) is 1. The molecule has 24 heavy (non-hydrogen) atoms. The molecular weight excluding hydrogens is 302 g/mol. The van der Waals surface area contributed by atoms with Gasteiger partial charge in [0.1, 0.15) is 11.6 Å². The monoisotopic (exact) mass is 329 g/mol. The molecule has 0 saturated carbocycles. The van der Waals surface area contributed by atoms with Crippen LogP contribution in [0.1, 0.15) is 52.6 Å². The Hall–Kier alpha value is -2.30. The molecular formula is C19H27N3O2. The lowest BCUT2D eigenvalue weighted by molar-refractivity contribution is -0.118. The number of carbonyl (C=O) groups excluding carboxylic acids is 1. The lowest BCUT2D eigenvalue weighted by atomic mass is 9.86. The largest absolute Gasteiger partial charge is 0.483 e. The van der Waals surface area contributed by atoms with Gasteiger partial charge in [0.05, 0.1) is 12.2 Å². The van der Waals surface area contributed by atoms with E-state index in [1.807, 2.05) is 28.9 Å². The molecule has 1 unspecified atom stereocenters. The van der Waals surface area contributed by atoms with Crippen LogP contribution in [0.3, 0.4) is 0 Å². The van der Waals surface area contributed by atoms with E-state index in [2.05, 4.69) is 45.0 Å². The van der Waals surface area contributed by atoms with E-state index in [-0.39, 0.29) is 24.0 Å². The molecule has 0 spiro atoms. The first-order valence-electron chi connectivity index (χ1n) is 8.38. The number of rotatable bonds is 6. The van der Waals surface area contributed by atoms with Gasteiger partial charge >= 0.3 is 0 Å². The molecule has 1 aromatic heterocycles. The summed E-state index contributed by atoms with van der Waals surface area (Å²) in [6.45, 7) is 10.5. The van der Waals surface area contributed by atoms with Gasteiger partial charge in [-0.3, -0.25) is 4.79 Å². The zero-order valence-electron chi connectivity index (χ0n) is 15.2. The summed E-state index contributed by atoms with van der Waals surface area (Å²) >= 11 is 0. The number of nitrogens with one attached hydrogen (secondary N) is 1. The second-order valence-electron chi connectivity index (χ2n) is 7.00. The number of para-hydroxylation sites is 1. The molecule has 0 aliphatic rings. The van der Waals surface area contributed by atoms with Gasteiger partial charge < -0.3 is 10.1 Å². The molecule has 0 aliphatic heterocycles. The predicted molar refractivity (Wildman–Crippen MR) is 96.5 cm³/mol. The van der Waals surface area contributed by atoms with Gasteiger partial charge in [-0.15, -0.1) is 0 Å². The Kier molecular flexibility index (Phi) is 5.65. The number of amides is 1. The van der Waals surface area contributed by atoms with Gasteiger partial charge in [-0.05, 0) is 30.4 Å². The fourth-order valence-corrected chi connectivity index (χ4v) is 2.47. The topological polar surface area (TPSA) is 56.2 Å². The first kappa shape index (κ1) is 18.0. The summed E-state index contributed by atoms with van der Waals surface area (Å²) in [4.78, 5) is 12.2. The SMILES string of the molecule is CCC(C)n1nccc1NC(=O)COc1ccccc1C(C)(C)C. The third-order valence-corrected chi connectivity index (χ3v) is 4.00. The average Bonchev–Trinajstić information content (AvgIpc) is 2.99. The molecule has 1 amide bonds. The minimum atomic E-state index is -0.191. The Morgan fingerprint density at radius 1 is 1.29 bits per heavy atom. The molecule has 1 aromatic carbocycles. The molecule has 0 radical (unpaired) electrons. The van der Waals surface area contributed by atoms with Crippen LogP contribution in [0, 0.1) is 0 Å². The van der Waals surface area contributed by atoms with E-state index in [1.165, 1.54) is 0 Å². The number of benzene rings is 1. The molecule has 130 valence electrons. The van der Waals surface area contributed by atoms with E-state index in [0.29, 0.717) is 5.82 Å². The van der Waals surface area contributed by atoms with Crippen molar-refractivity contribution in [1.82, 2.24) is 9.78 Å². The van der Waals surface area contributed by atoms with Crippen molar-refractivity contribution >= 4 is 11.7 Å². The maximum Gasteiger partial charge on any atom is 0.263 e. The molecule has 5 nitrogen and oxygen atoms in total. The van der Waals surface area contributed by atoms with E-state index < -0.39 is 0 Å². The molecule has 0 fully saturated rings. The van der Waals surface area contributed by atoms with Gasteiger partial charge in [-0.2, -0.15) is 5.10 Å². The number of hydrogen-bond donors (Lipinski definition) is 1.